The highest BCUT2D eigenvalue weighted by Gasteiger charge is 2.26. The molecule has 5 heteroatoms. The van der Waals surface area contributed by atoms with Gasteiger partial charge in [-0.1, -0.05) is 33.6 Å². The molecule has 2 rings (SSSR count). The summed E-state index contributed by atoms with van der Waals surface area (Å²) >= 11 is 9.78. The van der Waals surface area contributed by atoms with Gasteiger partial charge >= 0.3 is 0 Å². The van der Waals surface area contributed by atoms with Gasteiger partial charge in [-0.25, -0.2) is 0 Å². The molecular weight excluding hydrogens is 328 g/mol. The van der Waals surface area contributed by atoms with E-state index in [4.69, 9.17) is 22.1 Å². The molecule has 0 aromatic heterocycles. The van der Waals surface area contributed by atoms with Crippen molar-refractivity contribution in [3.8, 4) is 0 Å². The lowest BCUT2D eigenvalue weighted by molar-refractivity contribution is 0.0294. The van der Waals surface area contributed by atoms with E-state index in [0.29, 0.717) is 12.6 Å². The van der Waals surface area contributed by atoms with E-state index < -0.39 is 0 Å². The summed E-state index contributed by atoms with van der Waals surface area (Å²) in [6.45, 7) is 2.23. The van der Waals surface area contributed by atoms with Crippen LogP contribution in [0.2, 0.25) is 5.02 Å². The van der Waals surface area contributed by atoms with Gasteiger partial charge in [-0.3, -0.25) is 4.90 Å². The van der Waals surface area contributed by atoms with Gasteiger partial charge in [-0.2, -0.15) is 0 Å². The second-order valence-corrected chi connectivity index (χ2v) is 6.25. The number of hydrogen-bond donors (Lipinski definition) is 1. The van der Waals surface area contributed by atoms with Gasteiger partial charge < -0.3 is 10.5 Å². The van der Waals surface area contributed by atoms with Gasteiger partial charge in [-0.15, -0.1) is 0 Å². The summed E-state index contributed by atoms with van der Waals surface area (Å²) in [4.78, 5) is 2.34. The summed E-state index contributed by atoms with van der Waals surface area (Å²) < 4.78 is 6.41. The molecule has 1 aliphatic rings. The van der Waals surface area contributed by atoms with Crippen LogP contribution in [0.5, 0.6) is 0 Å². The quantitative estimate of drug-likeness (QED) is 0.909. The van der Waals surface area contributed by atoms with Crippen LogP contribution in [0.25, 0.3) is 0 Å². The van der Waals surface area contributed by atoms with Crippen LogP contribution in [0.15, 0.2) is 22.7 Å². The SMILES string of the molecule is CN(C1CCOCC1)C(CN)c1ccc(Br)cc1Cl. The number of likely N-dealkylation sites (N-methyl/N-ethyl adjacent to an activating group) is 1. The average Bonchev–Trinajstić information content (AvgIpc) is 2.42. The molecule has 1 aliphatic heterocycles. The monoisotopic (exact) mass is 346 g/mol. The molecule has 0 aliphatic carbocycles. The highest BCUT2D eigenvalue weighted by atomic mass is 79.9. The van der Waals surface area contributed by atoms with Crippen molar-refractivity contribution in [1.82, 2.24) is 4.90 Å². The summed E-state index contributed by atoms with van der Waals surface area (Å²) in [5.41, 5.74) is 7.07. The number of hydrogen-bond acceptors (Lipinski definition) is 3. The van der Waals surface area contributed by atoms with Crippen LogP contribution in [-0.4, -0.2) is 37.7 Å². The lowest BCUT2D eigenvalue weighted by Gasteiger charge is -2.37. The third kappa shape index (κ3) is 3.70. The molecule has 3 nitrogen and oxygen atoms in total. The zero-order chi connectivity index (χ0) is 13.8. The van der Waals surface area contributed by atoms with E-state index in [1.165, 1.54) is 0 Å². The molecule has 0 radical (unpaired) electrons. The van der Waals surface area contributed by atoms with Crippen LogP contribution in [-0.2, 0) is 4.74 Å². The number of nitrogens with zero attached hydrogens (tertiary/aromatic N) is 1. The second-order valence-electron chi connectivity index (χ2n) is 4.93. The Morgan fingerprint density at radius 1 is 1.47 bits per heavy atom. The number of rotatable bonds is 4. The van der Waals surface area contributed by atoms with Gasteiger partial charge in [0.05, 0.1) is 0 Å². The zero-order valence-electron chi connectivity index (χ0n) is 11.1. The number of benzene rings is 1. The second kappa shape index (κ2) is 7.04. The predicted molar refractivity (Wildman–Crippen MR) is 82.6 cm³/mol. The topological polar surface area (TPSA) is 38.5 Å². The number of nitrogens with two attached hydrogens (primary N) is 1. The van der Waals surface area contributed by atoms with Gasteiger partial charge in [0.2, 0.25) is 0 Å². The summed E-state index contributed by atoms with van der Waals surface area (Å²) in [5, 5.41) is 0.767. The maximum absolute atomic E-state index is 6.35. The van der Waals surface area contributed by atoms with Crippen molar-refractivity contribution < 1.29 is 4.74 Å². The van der Waals surface area contributed by atoms with Crippen molar-refractivity contribution in [3.63, 3.8) is 0 Å². The maximum atomic E-state index is 6.35. The third-order valence-corrected chi connectivity index (χ3v) is 4.62. The Kier molecular flexibility index (Phi) is 5.66. The molecule has 0 saturated carbocycles. The van der Waals surface area contributed by atoms with E-state index >= 15 is 0 Å². The predicted octanol–water partition coefficient (Wildman–Crippen LogP) is 3.21. The van der Waals surface area contributed by atoms with Gasteiger partial charge in [0.1, 0.15) is 0 Å². The molecule has 2 N–H and O–H groups in total. The van der Waals surface area contributed by atoms with Gasteiger partial charge in [0.15, 0.2) is 0 Å². The molecule has 1 aromatic rings. The van der Waals surface area contributed by atoms with E-state index in [1.807, 2.05) is 12.1 Å². The third-order valence-electron chi connectivity index (χ3n) is 3.80. The smallest absolute Gasteiger partial charge is 0.0485 e. The Morgan fingerprint density at radius 3 is 2.74 bits per heavy atom. The molecule has 1 atom stereocenters. The highest BCUT2D eigenvalue weighted by molar-refractivity contribution is 9.10. The Morgan fingerprint density at radius 2 is 2.16 bits per heavy atom. The van der Waals surface area contributed by atoms with E-state index in [1.54, 1.807) is 0 Å². The molecular formula is C14H20BrClN2O. The first-order chi connectivity index (χ1) is 9.13. The first-order valence-electron chi connectivity index (χ1n) is 6.58. The molecule has 106 valence electrons. The Labute approximate surface area is 128 Å². The first kappa shape index (κ1) is 15.3. The van der Waals surface area contributed by atoms with Crippen molar-refractivity contribution in [2.75, 3.05) is 26.8 Å². The van der Waals surface area contributed by atoms with E-state index in [0.717, 1.165) is 41.1 Å². The minimum absolute atomic E-state index is 0.156. The standard InChI is InChI=1S/C14H20BrClN2O/c1-18(11-4-6-19-7-5-11)14(9-17)12-3-2-10(15)8-13(12)16/h2-3,8,11,14H,4-7,9,17H2,1H3. The van der Waals surface area contributed by atoms with E-state index in [2.05, 4.69) is 33.9 Å². The molecule has 0 spiro atoms. The van der Waals surface area contributed by atoms with Gasteiger partial charge in [0, 0.05) is 41.3 Å². The largest absolute Gasteiger partial charge is 0.381 e. The number of ether oxygens (including phenoxy) is 1. The van der Waals surface area contributed by atoms with Crippen LogP contribution >= 0.6 is 27.5 Å². The Hall–Kier alpha value is -0.130. The lowest BCUT2D eigenvalue weighted by Crippen LogP contribution is -2.41. The molecule has 19 heavy (non-hydrogen) atoms. The van der Waals surface area contributed by atoms with Crippen LogP contribution in [0, 0.1) is 0 Å². The van der Waals surface area contributed by atoms with Gasteiger partial charge in [0.25, 0.3) is 0 Å². The fourth-order valence-corrected chi connectivity index (χ4v) is 3.43. The fraction of sp³-hybridized carbons (Fsp3) is 0.571. The minimum Gasteiger partial charge on any atom is -0.381 e. The normalized spacial score (nSPS) is 18.8. The van der Waals surface area contributed by atoms with Crippen LogP contribution in [0.4, 0.5) is 0 Å². The summed E-state index contributed by atoms with van der Waals surface area (Å²) in [6.07, 6.45) is 2.11. The summed E-state index contributed by atoms with van der Waals surface area (Å²) in [5.74, 6) is 0. The van der Waals surface area contributed by atoms with Crippen molar-refractivity contribution in [2.45, 2.75) is 24.9 Å². The lowest BCUT2D eigenvalue weighted by atomic mass is 10.0. The van der Waals surface area contributed by atoms with Crippen LogP contribution < -0.4 is 5.73 Å². The first-order valence-corrected chi connectivity index (χ1v) is 7.75. The molecule has 0 amide bonds. The molecule has 1 unspecified atom stereocenters. The van der Waals surface area contributed by atoms with Crippen LogP contribution in [0.3, 0.4) is 0 Å². The maximum Gasteiger partial charge on any atom is 0.0485 e. The Balaban J connectivity index is 2.18. The Bertz CT molecular complexity index is 424. The summed E-state index contributed by atoms with van der Waals surface area (Å²) in [6, 6.07) is 6.67. The van der Waals surface area contributed by atoms with Crippen molar-refractivity contribution >= 4 is 27.5 Å². The zero-order valence-corrected chi connectivity index (χ0v) is 13.5. The van der Waals surface area contributed by atoms with E-state index in [9.17, 15) is 0 Å². The molecule has 1 saturated heterocycles. The van der Waals surface area contributed by atoms with Crippen LogP contribution in [0.1, 0.15) is 24.4 Å². The molecule has 1 fully saturated rings. The molecule has 1 heterocycles. The molecule has 1 aromatic carbocycles. The van der Waals surface area contributed by atoms with Gasteiger partial charge in [-0.05, 0) is 37.6 Å². The van der Waals surface area contributed by atoms with Crippen molar-refractivity contribution in [2.24, 2.45) is 5.73 Å². The highest BCUT2D eigenvalue weighted by Crippen LogP contribution is 2.31. The fourth-order valence-electron chi connectivity index (χ4n) is 2.63. The summed E-state index contributed by atoms with van der Waals surface area (Å²) in [7, 11) is 2.13. The van der Waals surface area contributed by atoms with Crippen molar-refractivity contribution in [3.05, 3.63) is 33.3 Å². The minimum atomic E-state index is 0.156. The average molecular weight is 348 g/mol. The van der Waals surface area contributed by atoms with E-state index in [-0.39, 0.29) is 6.04 Å². The number of halogens is 2. The molecule has 0 bridgehead atoms. The van der Waals surface area contributed by atoms with Crippen molar-refractivity contribution in [1.29, 1.82) is 0 Å².